The quantitative estimate of drug-likeness (QED) is 0.408. The molecule has 0 aliphatic carbocycles. The molecule has 3 aromatic rings. The summed E-state index contributed by atoms with van der Waals surface area (Å²) >= 11 is 11.7. The Labute approximate surface area is 177 Å². The second kappa shape index (κ2) is 8.60. The Morgan fingerprint density at radius 1 is 0.759 bits per heavy atom. The van der Waals surface area contributed by atoms with E-state index in [0.29, 0.717) is 32.8 Å². The van der Waals surface area contributed by atoms with Crippen molar-refractivity contribution in [3.05, 3.63) is 76.8 Å². The van der Waals surface area contributed by atoms with Gasteiger partial charge in [0.15, 0.2) is 0 Å². The van der Waals surface area contributed by atoms with Gasteiger partial charge in [-0.2, -0.15) is 0 Å². The minimum atomic E-state index is -3.78. The molecule has 29 heavy (non-hydrogen) atoms. The van der Waals surface area contributed by atoms with Crippen LogP contribution in [0.1, 0.15) is 0 Å². The molecule has 0 bridgehead atoms. The molecule has 0 fully saturated rings. The van der Waals surface area contributed by atoms with Crippen LogP contribution in [-0.4, -0.2) is 14.4 Å². The van der Waals surface area contributed by atoms with Crippen molar-refractivity contribution in [2.45, 2.75) is 4.90 Å². The van der Waals surface area contributed by atoms with Gasteiger partial charge >= 0.3 is 6.03 Å². The van der Waals surface area contributed by atoms with Gasteiger partial charge in [0.05, 0.1) is 14.9 Å². The largest absolute Gasteiger partial charge is 0.399 e. The number of hydrogen-bond acceptors (Lipinski definition) is 4. The number of sulfonamides is 1. The van der Waals surface area contributed by atoms with Crippen LogP contribution in [0.2, 0.25) is 10.0 Å². The fourth-order valence-corrected chi connectivity index (χ4v) is 3.71. The number of halogens is 2. The van der Waals surface area contributed by atoms with Gasteiger partial charge in [-0.25, -0.2) is 13.2 Å². The molecule has 0 saturated heterocycles. The van der Waals surface area contributed by atoms with Crippen molar-refractivity contribution < 1.29 is 13.2 Å². The lowest BCUT2D eigenvalue weighted by atomic mass is 10.3. The number of urea groups is 1. The maximum atomic E-state index is 12.5. The maximum Gasteiger partial charge on any atom is 0.323 e. The van der Waals surface area contributed by atoms with E-state index in [2.05, 4.69) is 15.4 Å². The van der Waals surface area contributed by atoms with Crippen LogP contribution in [0.3, 0.4) is 0 Å². The molecule has 0 unspecified atom stereocenters. The number of rotatable bonds is 5. The van der Waals surface area contributed by atoms with E-state index in [1.54, 1.807) is 36.4 Å². The first kappa shape index (κ1) is 20.8. The summed E-state index contributed by atoms with van der Waals surface area (Å²) in [6.07, 6.45) is 0. The summed E-state index contributed by atoms with van der Waals surface area (Å²) in [5.74, 6) is 0. The van der Waals surface area contributed by atoms with Crippen LogP contribution < -0.4 is 21.1 Å². The first-order chi connectivity index (χ1) is 13.7. The van der Waals surface area contributed by atoms with E-state index >= 15 is 0 Å². The number of nitrogen functional groups attached to an aromatic ring is 1. The van der Waals surface area contributed by atoms with Crippen molar-refractivity contribution in [3.8, 4) is 0 Å². The van der Waals surface area contributed by atoms with Crippen molar-refractivity contribution in [3.63, 3.8) is 0 Å². The van der Waals surface area contributed by atoms with E-state index in [1.165, 1.54) is 30.3 Å². The second-order valence-electron chi connectivity index (χ2n) is 5.96. The Kier molecular flexibility index (Phi) is 6.17. The van der Waals surface area contributed by atoms with Gasteiger partial charge in [-0.3, -0.25) is 4.72 Å². The Hall–Kier alpha value is -2.94. The van der Waals surface area contributed by atoms with Crippen molar-refractivity contribution in [1.82, 2.24) is 0 Å². The summed E-state index contributed by atoms with van der Waals surface area (Å²) in [4.78, 5) is 12.1. The molecule has 3 aromatic carbocycles. The van der Waals surface area contributed by atoms with Crippen molar-refractivity contribution in [1.29, 1.82) is 0 Å². The summed E-state index contributed by atoms with van der Waals surface area (Å²) in [5.41, 5.74) is 7.39. The smallest absolute Gasteiger partial charge is 0.323 e. The highest BCUT2D eigenvalue weighted by atomic mass is 35.5. The molecule has 0 spiro atoms. The van der Waals surface area contributed by atoms with Crippen LogP contribution in [0.5, 0.6) is 0 Å². The SMILES string of the molecule is Nc1ccc(NS(=O)(=O)c2ccc(NC(=O)Nc3ccc(Cl)c(Cl)c3)cc2)cc1. The lowest BCUT2D eigenvalue weighted by Gasteiger charge is -2.10. The predicted molar refractivity (Wildman–Crippen MR) is 117 cm³/mol. The molecule has 5 N–H and O–H groups in total. The third-order valence-electron chi connectivity index (χ3n) is 3.76. The lowest BCUT2D eigenvalue weighted by Crippen LogP contribution is -2.19. The topological polar surface area (TPSA) is 113 Å². The van der Waals surface area contributed by atoms with E-state index < -0.39 is 16.1 Å². The molecule has 0 atom stereocenters. The zero-order valence-corrected chi connectivity index (χ0v) is 17.1. The molecule has 150 valence electrons. The Morgan fingerprint density at radius 3 is 1.93 bits per heavy atom. The molecule has 0 radical (unpaired) electrons. The molecule has 10 heteroatoms. The van der Waals surface area contributed by atoms with E-state index in [0.717, 1.165) is 0 Å². The average molecular weight is 451 g/mol. The molecule has 0 aliphatic rings. The molecule has 0 heterocycles. The van der Waals surface area contributed by atoms with Gasteiger partial charge in [0.2, 0.25) is 0 Å². The van der Waals surface area contributed by atoms with E-state index in [-0.39, 0.29) is 4.90 Å². The van der Waals surface area contributed by atoms with Crippen LogP contribution in [0.15, 0.2) is 71.6 Å². The number of hydrogen-bond donors (Lipinski definition) is 4. The van der Waals surface area contributed by atoms with Gasteiger partial charge in [-0.05, 0) is 66.7 Å². The molecule has 0 aliphatic heterocycles. The summed E-state index contributed by atoms with van der Waals surface area (Å²) in [6, 6.07) is 16.2. The fraction of sp³-hybridized carbons (Fsp3) is 0. The summed E-state index contributed by atoms with van der Waals surface area (Å²) in [7, 11) is -3.78. The van der Waals surface area contributed by atoms with Crippen molar-refractivity contribution >= 4 is 62.0 Å². The first-order valence-electron chi connectivity index (χ1n) is 8.24. The lowest BCUT2D eigenvalue weighted by molar-refractivity contribution is 0.262. The van der Waals surface area contributed by atoms with E-state index in [9.17, 15) is 13.2 Å². The third kappa shape index (κ3) is 5.54. The number of anilines is 4. The zero-order chi connectivity index (χ0) is 21.0. The van der Waals surface area contributed by atoms with Crippen LogP contribution in [-0.2, 0) is 10.0 Å². The number of carbonyl (C=O) groups is 1. The minimum Gasteiger partial charge on any atom is -0.399 e. The Bertz CT molecular complexity index is 1140. The standard InChI is InChI=1S/C19H16Cl2N4O3S/c20-17-10-7-15(11-18(17)21)24-19(26)23-13-5-8-16(9-6-13)29(27,28)25-14-3-1-12(22)2-4-14/h1-11,25H,22H2,(H2,23,24,26). The summed E-state index contributed by atoms with van der Waals surface area (Å²) in [5, 5.41) is 5.90. The van der Waals surface area contributed by atoms with Gasteiger partial charge in [-0.1, -0.05) is 23.2 Å². The Balaban J connectivity index is 1.65. The second-order valence-corrected chi connectivity index (χ2v) is 8.46. The van der Waals surface area contributed by atoms with Crippen molar-refractivity contribution in [2.75, 3.05) is 21.1 Å². The van der Waals surface area contributed by atoms with Gasteiger partial charge in [-0.15, -0.1) is 0 Å². The third-order valence-corrected chi connectivity index (χ3v) is 5.90. The summed E-state index contributed by atoms with van der Waals surface area (Å²) in [6.45, 7) is 0. The normalized spacial score (nSPS) is 11.0. The molecule has 0 saturated carbocycles. The first-order valence-corrected chi connectivity index (χ1v) is 10.5. The zero-order valence-electron chi connectivity index (χ0n) is 14.8. The van der Waals surface area contributed by atoms with Gasteiger partial charge in [0.25, 0.3) is 10.0 Å². The predicted octanol–water partition coefficient (Wildman–Crippen LogP) is 5.02. The van der Waals surface area contributed by atoms with Crippen molar-refractivity contribution in [2.24, 2.45) is 0 Å². The van der Waals surface area contributed by atoms with Gasteiger partial charge in [0, 0.05) is 22.7 Å². The minimum absolute atomic E-state index is 0.0461. The van der Waals surface area contributed by atoms with Crippen LogP contribution in [0.25, 0.3) is 0 Å². The number of benzene rings is 3. The number of carbonyl (C=O) groups excluding carboxylic acids is 1. The molecule has 2 amide bonds. The molecular weight excluding hydrogens is 435 g/mol. The highest BCUT2D eigenvalue weighted by Gasteiger charge is 2.14. The number of amides is 2. The van der Waals surface area contributed by atoms with E-state index in [1.807, 2.05) is 0 Å². The average Bonchev–Trinajstić information content (AvgIpc) is 2.67. The molecule has 7 nitrogen and oxygen atoms in total. The highest BCUT2D eigenvalue weighted by molar-refractivity contribution is 7.92. The summed E-state index contributed by atoms with van der Waals surface area (Å²) < 4.78 is 27.4. The molecular formula is C19H16Cl2N4O3S. The number of nitrogens with one attached hydrogen (secondary N) is 3. The van der Waals surface area contributed by atoms with Crippen LogP contribution >= 0.6 is 23.2 Å². The molecule has 3 rings (SSSR count). The Morgan fingerprint density at radius 2 is 1.31 bits per heavy atom. The van der Waals surface area contributed by atoms with E-state index in [4.69, 9.17) is 28.9 Å². The molecule has 0 aromatic heterocycles. The highest BCUT2D eigenvalue weighted by Crippen LogP contribution is 2.25. The number of nitrogens with two attached hydrogens (primary N) is 1. The van der Waals surface area contributed by atoms with Crippen LogP contribution in [0.4, 0.5) is 27.5 Å². The van der Waals surface area contributed by atoms with Gasteiger partial charge in [0.1, 0.15) is 0 Å². The van der Waals surface area contributed by atoms with Gasteiger partial charge < -0.3 is 16.4 Å². The van der Waals surface area contributed by atoms with Crippen LogP contribution in [0, 0.1) is 0 Å². The monoisotopic (exact) mass is 450 g/mol. The maximum absolute atomic E-state index is 12.5. The fourth-order valence-electron chi connectivity index (χ4n) is 2.35.